The van der Waals surface area contributed by atoms with Crippen LogP contribution in [-0.4, -0.2) is 164 Å². The average molecular weight is 809 g/mol. The maximum atomic E-state index is 13.5. The van der Waals surface area contributed by atoms with Crippen LogP contribution < -0.4 is 4.74 Å². The summed E-state index contributed by atoms with van der Waals surface area (Å²) < 4.78 is 135. The van der Waals surface area contributed by atoms with Gasteiger partial charge in [0.05, 0.1) is 152 Å². The molecule has 55 heavy (non-hydrogen) atoms. The highest BCUT2D eigenvalue weighted by Crippen LogP contribution is 2.29. The molecule has 0 aromatic heterocycles. The van der Waals surface area contributed by atoms with E-state index < -0.39 is 53.2 Å². The molecule has 1 aromatic rings. The number of rotatable bonds is 38. The molecule has 0 saturated heterocycles. The molecule has 0 aliphatic rings. The monoisotopic (exact) mass is 808 g/mol. The Morgan fingerprint density at radius 1 is 0.400 bits per heavy atom. The molecule has 0 heterocycles. The van der Waals surface area contributed by atoms with Gasteiger partial charge in [-0.25, -0.2) is 18.0 Å². The van der Waals surface area contributed by atoms with E-state index >= 15 is 0 Å². The highest BCUT2D eigenvalue weighted by Gasteiger charge is 2.28. The summed E-state index contributed by atoms with van der Waals surface area (Å²) in [5.74, 6) is -14.6. The van der Waals surface area contributed by atoms with Gasteiger partial charge in [0.1, 0.15) is 6.61 Å². The fourth-order valence-corrected chi connectivity index (χ4v) is 3.61. The van der Waals surface area contributed by atoms with Gasteiger partial charge in [-0.05, 0) is 6.92 Å². The van der Waals surface area contributed by atoms with Crippen LogP contribution in [0.1, 0.15) is 13.3 Å². The Morgan fingerprint density at radius 2 is 0.636 bits per heavy atom. The summed E-state index contributed by atoms with van der Waals surface area (Å²) in [6, 6.07) is 0. The topological polar surface area (TPSA) is 154 Å². The summed E-state index contributed by atoms with van der Waals surface area (Å²) in [7, 11) is 0. The van der Waals surface area contributed by atoms with Crippen LogP contribution in [0.25, 0.3) is 0 Å². The summed E-state index contributed by atoms with van der Waals surface area (Å²) in [6.45, 7) is 12.8. The molecule has 318 valence electrons. The zero-order chi connectivity index (χ0) is 40.4. The molecule has 0 aliphatic heterocycles. The standard InChI is InChI=1S/C35H53F5O15/c1-27(2)35(42)54-26-25-53-24-23-52-22-21-51-20-19-50-18-17-49-16-15-48-14-13-47-12-11-46-10-9-45-8-7-44-6-5-43-4-3-28(41)55-34-32(39)30(37)29(36)31(38)33(34)40/h1,3-26H2,2H3. The number of halogens is 5. The van der Waals surface area contributed by atoms with E-state index in [1.165, 1.54) is 0 Å². The molecule has 0 fully saturated rings. The van der Waals surface area contributed by atoms with Crippen molar-refractivity contribution in [2.24, 2.45) is 0 Å². The van der Waals surface area contributed by atoms with E-state index in [0.717, 1.165) is 0 Å². The van der Waals surface area contributed by atoms with Crippen molar-refractivity contribution in [3.63, 3.8) is 0 Å². The first kappa shape index (κ1) is 50.1. The summed E-state index contributed by atoms with van der Waals surface area (Å²) >= 11 is 0. The zero-order valence-corrected chi connectivity index (χ0v) is 31.2. The van der Waals surface area contributed by atoms with E-state index in [9.17, 15) is 31.5 Å². The van der Waals surface area contributed by atoms with Crippen molar-refractivity contribution in [1.82, 2.24) is 0 Å². The van der Waals surface area contributed by atoms with Gasteiger partial charge in [-0.3, -0.25) is 4.79 Å². The van der Waals surface area contributed by atoms with Gasteiger partial charge in [0.25, 0.3) is 0 Å². The molecule has 0 spiro atoms. The highest BCUT2D eigenvalue weighted by atomic mass is 19.2. The number of carbonyl (C=O) groups is 2. The molecule has 1 aromatic carbocycles. The van der Waals surface area contributed by atoms with Crippen molar-refractivity contribution in [2.45, 2.75) is 13.3 Å². The molecule has 0 amide bonds. The van der Waals surface area contributed by atoms with Crippen LogP contribution in [0.4, 0.5) is 22.0 Å². The Hall–Kier alpha value is -2.89. The van der Waals surface area contributed by atoms with Crippen LogP contribution in [0.3, 0.4) is 0 Å². The van der Waals surface area contributed by atoms with Gasteiger partial charge in [-0.15, -0.1) is 0 Å². The van der Waals surface area contributed by atoms with E-state index in [1.54, 1.807) is 6.92 Å². The largest absolute Gasteiger partial charge is 0.460 e. The van der Waals surface area contributed by atoms with Crippen molar-refractivity contribution in [1.29, 1.82) is 0 Å². The first-order valence-electron chi connectivity index (χ1n) is 17.6. The van der Waals surface area contributed by atoms with Gasteiger partial charge in [0.15, 0.2) is 0 Å². The summed E-state index contributed by atoms with van der Waals surface area (Å²) in [5.41, 5.74) is 0.350. The Kier molecular flexibility index (Phi) is 31.3. The van der Waals surface area contributed by atoms with Gasteiger partial charge in [-0.2, -0.15) is 8.78 Å². The number of esters is 2. The molecule has 0 atom stereocenters. The minimum atomic E-state index is -2.35. The molecule has 0 unspecified atom stereocenters. The van der Waals surface area contributed by atoms with Crippen LogP contribution in [0, 0.1) is 29.1 Å². The first-order chi connectivity index (χ1) is 26.7. The molecule has 0 saturated carbocycles. The lowest BCUT2D eigenvalue weighted by Crippen LogP contribution is -2.16. The lowest BCUT2D eigenvalue weighted by molar-refractivity contribution is -0.140. The van der Waals surface area contributed by atoms with Crippen molar-refractivity contribution in [3.8, 4) is 5.75 Å². The Labute approximate surface area is 317 Å². The molecule has 1 rings (SSSR count). The number of hydrogen-bond acceptors (Lipinski definition) is 15. The maximum absolute atomic E-state index is 13.5. The van der Waals surface area contributed by atoms with Gasteiger partial charge >= 0.3 is 11.9 Å². The van der Waals surface area contributed by atoms with Crippen LogP contribution in [0.2, 0.25) is 0 Å². The third-order valence-corrected chi connectivity index (χ3v) is 6.37. The van der Waals surface area contributed by atoms with Gasteiger partial charge in [-0.1, -0.05) is 6.58 Å². The number of benzene rings is 1. The Balaban J connectivity index is 1.72. The second kappa shape index (κ2) is 34.4. The zero-order valence-electron chi connectivity index (χ0n) is 31.2. The molecular weight excluding hydrogens is 755 g/mol. The predicted octanol–water partition coefficient (Wildman–Crippen LogP) is 2.98. The van der Waals surface area contributed by atoms with Crippen LogP contribution >= 0.6 is 0 Å². The van der Waals surface area contributed by atoms with Crippen molar-refractivity contribution >= 4 is 11.9 Å². The van der Waals surface area contributed by atoms with Gasteiger partial charge < -0.3 is 61.6 Å². The number of carbonyl (C=O) groups excluding carboxylic acids is 2. The molecule has 0 bridgehead atoms. The van der Waals surface area contributed by atoms with Gasteiger partial charge in [0, 0.05) is 5.57 Å². The third-order valence-electron chi connectivity index (χ3n) is 6.37. The lowest BCUT2D eigenvalue weighted by Gasteiger charge is -2.09. The predicted molar refractivity (Wildman–Crippen MR) is 181 cm³/mol. The molecule has 15 nitrogen and oxygen atoms in total. The van der Waals surface area contributed by atoms with Crippen LogP contribution in [0.5, 0.6) is 5.75 Å². The quantitative estimate of drug-likeness (QED) is 0.0183. The van der Waals surface area contributed by atoms with Crippen LogP contribution in [0.15, 0.2) is 12.2 Å². The molecule has 0 aliphatic carbocycles. The average Bonchev–Trinajstić information content (AvgIpc) is 3.17. The first-order valence-corrected chi connectivity index (χ1v) is 17.6. The minimum Gasteiger partial charge on any atom is -0.460 e. The van der Waals surface area contributed by atoms with E-state index in [0.29, 0.717) is 124 Å². The van der Waals surface area contributed by atoms with E-state index in [1.807, 2.05) is 0 Å². The number of ether oxygens (including phenoxy) is 13. The third kappa shape index (κ3) is 26.6. The number of hydrogen-bond donors (Lipinski definition) is 0. The second-order valence-electron chi connectivity index (χ2n) is 10.8. The van der Waals surface area contributed by atoms with Crippen LogP contribution in [-0.2, 0) is 66.4 Å². The fourth-order valence-electron chi connectivity index (χ4n) is 3.61. The summed E-state index contributed by atoms with van der Waals surface area (Å²) in [4.78, 5) is 22.8. The Morgan fingerprint density at radius 3 is 0.909 bits per heavy atom. The summed E-state index contributed by atoms with van der Waals surface area (Å²) in [5, 5.41) is 0. The van der Waals surface area contributed by atoms with Crippen molar-refractivity contribution in [2.75, 3.05) is 152 Å². The summed E-state index contributed by atoms with van der Waals surface area (Å²) in [6.07, 6.45) is -0.493. The van der Waals surface area contributed by atoms with Crippen molar-refractivity contribution in [3.05, 3.63) is 41.2 Å². The smallest absolute Gasteiger partial charge is 0.333 e. The molecule has 0 radical (unpaired) electrons. The van der Waals surface area contributed by atoms with E-state index in [4.69, 9.17) is 56.8 Å². The minimum absolute atomic E-state index is 0.0739. The molecule has 0 N–H and O–H groups in total. The second-order valence-corrected chi connectivity index (χ2v) is 10.8. The van der Waals surface area contributed by atoms with E-state index in [-0.39, 0.29) is 33.0 Å². The molecule has 20 heteroatoms. The maximum Gasteiger partial charge on any atom is 0.333 e. The Bertz CT molecular complexity index is 1150. The fraction of sp³-hybridized carbons (Fsp3) is 0.714. The SMILES string of the molecule is C=C(C)C(=O)OCCOCCOCCOCCOCCOCCOCCOCCOCCOCCOCCOCCC(=O)Oc1c(F)c(F)c(F)c(F)c1F. The van der Waals surface area contributed by atoms with Gasteiger partial charge in [0.2, 0.25) is 34.8 Å². The molecular formula is C35H53F5O15. The van der Waals surface area contributed by atoms with Crippen molar-refractivity contribution < 1.29 is 93.1 Å². The highest BCUT2D eigenvalue weighted by molar-refractivity contribution is 5.86. The lowest BCUT2D eigenvalue weighted by atomic mass is 10.2. The van der Waals surface area contributed by atoms with E-state index in [2.05, 4.69) is 11.3 Å². The normalized spacial score (nSPS) is 11.3.